The molecule has 8 nitrogen and oxygen atoms in total. The molecule has 2 aromatic carbocycles. The van der Waals surface area contributed by atoms with Crippen LogP contribution in [0, 0.1) is 5.82 Å². The van der Waals surface area contributed by atoms with Gasteiger partial charge in [-0.1, -0.05) is 12.1 Å². The average molecular weight is 546 g/mol. The number of esters is 1. The first-order valence-electron chi connectivity index (χ1n) is 13.0. The van der Waals surface area contributed by atoms with Gasteiger partial charge in [-0.15, -0.1) is 11.3 Å². The molecule has 2 aromatic heterocycles. The van der Waals surface area contributed by atoms with Crippen molar-refractivity contribution in [3.63, 3.8) is 0 Å². The Bertz CT molecular complexity index is 1500. The largest absolute Gasteiger partial charge is 0.440 e. The minimum atomic E-state index is -0.566. The van der Waals surface area contributed by atoms with E-state index in [1.54, 1.807) is 28.4 Å². The molecule has 0 spiro atoms. The molecule has 2 aliphatic heterocycles. The van der Waals surface area contributed by atoms with Gasteiger partial charge >= 0.3 is 5.97 Å². The lowest BCUT2D eigenvalue weighted by Crippen LogP contribution is -2.47. The van der Waals surface area contributed by atoms with Gasteiger partial charge < -0.3 is 9.64 Å². The Morgan fingerprint density at radius 3 is 2.64 bits per heavy atom. The SMILES string of the molecule is O=C(OCN1C(=O)CCc2ccc(CCN3CCN(c4cc(F)cc5sccc45)CC3)cc21)c1cncnc1. The molecule has 0 N–H and O–H groups in total. The summed E-state index contributed by atoms with van der Waals surface area (Å²) in [6, 6.07) is 11.6. The van der Waals surface area contributed by atoms with E-state index in [1.165, 1.54) is 18.7 Å². The number of amides is 1. The van der Waals surface area contributed by atoms with E-state index in [2.05, 4.69) is 38.0 Å². The normalized spacial score (nSPS) is 16.0. The van der Waals surface area contributed by atoms with Crippen LogP contribution in [-0.4, -0.2) is 66.2 Å². The standard InChI is InChI=1S/C29H28FN5O3S/c30-23-14-26(24-6-12-39-27(24)15-23)34-10-8-33(9-11-34)7-5-20-1-2-21-3-4-28(36)35(25(21)13-20)19-38-29(37)22-16-31-18-32-17-22/h1-2,6,12-18H,3-5,7-11,19H2. The Morgan fingerprint density at radius 2 is 1.82 bits per heavy atom. The van der Waals surface area contributed by atoms with Crippen molar-refractivity contribution in [2.75, 3.05) is 49.3 Å². The highest BCUT2D eigenvalue weighted by molar-refractivity contribution is 7.17. The predicted molar refractivity (Wildman–Crippen MR) is 149 cm³/mol. The third kappa shape index (κ3) is 5.48. The van der Waals surface area contributed by atoms with E-state index in [0.717, 1.165) is 71.7 Å². The van der Waals surface area contributed by atoms with Crippen LogP contribution in [0.4, 0.5) is 15.8 Å². The van der Waals surface area contributed by atoms with Crippen LogP contribution < -0.4 is 9.80 Å². The first-order chi connectivity index (χ1) is 19.0. The molecule has 4 aromatic rings. The smallest absolute Gasteiger partial charge is 0.343 e. The quantitative estimate of drug-likeness (QED) is 0.321. The first-order valence-corrected chi connectivity index (χ1v) is 13.9. The van der Waals surface area contributed by atoms with Gasteiger partial charge in [0.15, 0.2) is 6.73 Å². The van der Waals surface area contributed by atoms with Crippen LogP contribution in [0.1, 0.15) is 27.9 Å². The van der Waals surface area contributed by atoms with E-state index in [4.69, 9.17) is 4.74 Å². The van der Waals surface area contributed by atoms with Gasteiger partial charge in [0, 0.05) is 67.3 Å². The Labute approximate surface area is 229 Å². The molecular weight excluding hydrogens is 517 g/mol. The fraction of sp³-hybridized carbons (Fsp3) is 0.310. The number of carbonyl (C=O) groups is 2. The van der Waals surface area contributed by atoms with Crippen molar-refractivity contribution in [2.45, 2.75) is 19.3 Å². The summed E-state index contributed by atoms with van der Waals surface area (Å²) in [4.78, 5) is 39.0. The van der Waals surface area contributed by atoms with Crippen molar-refractivity contribution in [3.8, 4) is 0 Å². The van der Waals surface area contributed by atoms with E-state index in [0.29, 0.717) is 12.8 Å². The molecule has 0 aliphatic carbocycles. The number of benzene rings is 2. The number of halogens is 1. The van der Waals surface area contributed by atoms with E-state index in [1.807, 2.05) is 11.4 Å². The molecular formula is C29H28FN5O3S. The fourth-order valence-corrected chi connectivity index (χ4v) is 6.10. The first kappa shape index (κ1) is 25.4. The van der Waals surface area contributed by atoms with Crippen molar-refractivity contribution in [1.29, 1.82) is 0 Å². The van der Waals surface area contributed by atoms with E-state index < -0.39 is 5.97 Å². The van der Waals surface area contributed by atoms with Crippen LogP contribution in [0.25, 0.3) is 10.1 Å². The Hall–Kier alpha value is -3.89. The van der Waals surface area contributed by atoms with Crippen LogP contribution in [0.2, 0.25) is 0 Å². The lowest BCUT2D eigenvalue weighted by Gasteiger charge is -2.36. The maximum atomic E-state index is 14.2. The van der Waals surface area contributed by atoms with Crippen molar-refractivity contribution < 1.29 is 18.7 Å². The van der Waals surface area contributed by atoms with Crippen molar-refractivity contribution in [3.05, 3.63) is 83.0 Å². The number of carbonyl (C=O) groups excluding carboxylic acids is 2. The number of fused-ring (bicyclic) bond motifs is 2. The third-order valence-electron chi connectivity index (χ3n) is 7.42. The molecule has 0 radical (unpaired) electrons. The van der Waals surface area contributed by atoms with Gasteiger partial charge in [0.05, 0.1) is 11.3 Å². The van der Waals surface area contributed by atoms with Crippen LogP contribution in [-0.2, 0) is 22.4 Å². The topological polar surface area (TPSA) is 78.9 Å². The van der Waals surface area contributed by atoms with E-state index in [-0.39, 0.29) is 24.0 Å². The number of piperazine rings is 1. The monoisotopic (exact) mass is 545 g/mol. The molecule has 0 atom stereocenters. The van der Waals surface area contributed by atoms with Crippen LogP contribution in [0.5, 0.6) is 0 Å². The highest BCUT2D eigenvalue weighted by Crippen LogP contribution is 2.33. The molecule has 4 heterocycles. The summed E-state index contributed by atoms with van der Waals surface area (Å²) in [5.41, 5.74) is 4.22. The van der Waals surface area contributed by atoms with Crippen molar-refractivity contribution in [1.82, 2.24) is 14.9 Å². The number of ether oxygens (including phenoxy) is 1. The highest BCUT2D eigenvalue weighted by atomic mass is 32.1. The molecule has 0 saturated carbocycles. The summed E-state index contributed by atoms with van der Waals surface area (Å²) in [6.07, 6.45) is 6.01. The van der Waals surface area contributed by atoms with Gasteiger partial charge in [0.25, 0.3) is 0 Å². The minimum absolute atomic E-state index is 0.0648. The molecule has 10 heteroatoms. The fourth-order valence-electron chi connectivity index (χ4n) is 5.27. The lowest BCUT2D eigenvalue weighted by atomic mass is 9.98. The number of anilines is 2. The van der Waals surface area contributed by atoms with Gasteiger partial charge in [-0.05, 0) is 53.6 Å². The summed E-state index contributed by atoms with van der Waals surface area (Å²) in [7, 11) is 0. The zero-order chi connectivity index (χ0) is 26.8. The van der Waals surface area contributed by atoms with Crippen molar-refractivity contribution >= 4 is 44.7 Å². The highest BCUT2D eigenvalue weighted by Gasteiger charge is 2.26. The van der Waals surface area contributed by atoms with E-state index in [9.17, 15) is 14.0 Å². The summed E-state index contributed by atoms with van der Waals surface area (Å²) in [6.45, 7) is 4.23. The van der Waals surface area contributed by atoms with Gasteiger partial charge in [-0.3, -0.25) is 14.6 Å². The second-order valence-electron chi connectivity index (χ2n) is 9.81. The number of rotatable bonds is 7. The number of hydrogen-bond acceptors (Lipinski definition) is 8. The predicted octanol–water partition coefficient (Wildman–Crippen LogP) is 4.29. The van der Waals surface area contributed by atoms with Crippen LogP contribution in [0.3, 0.4) is 0 Å². The number of aromatic nitrogens is 2. The molecule has 2 aliphatic rings. The minimum Gasteiger partial charge on any atom is -0.440 e. The maximum absolute atomic E-state index is 14.2. The molecule has 0 bridgehead atoms. The van der Waals surface area contributed by atoms with Gasteiger partial charge in [-0.2, -0.15) is 0 Å². The zero-order valence-corrected chi connectivity index (χ0v) is 22.2. The number of hydrogen-bond donors (Lipinski definition) is 0. The second kappa shape index (κ2) is 11.1. The maximum Gasteiger partial charge on any atom is 0.343 e. The molecule has 1 saturated heterocycles. The van der Waals surface area contributed by atoms with Gasteiger partial charge in [0.1, 0.15) is 12.1 Å². The van der Waals surface area contributed by atoms with Crippen molar-refractivity contribution in [2.24, 2.45) is 0 Å². The molecule has 1 amide bonds. The average Bonchev–Trinajstić information content (AvgIpc) is 3.44. The Balaban J connectivity index is 1.07. The van der Waals surface area contributed by atoms with Gasteiger partial charge in [-0.25, -0.2) is 19.2 Å². The molecule has 1 fully saturated rings. The second-order valence-corrected chi connectivity index (χ2v) is 10.8. The van der Waals surface area contributed by atoms with E-state index >= 15 is 0 Å². The molecule has 200 valence electrons. The van der Waals surface area contributed by atoms with Crippen LogP contribution >= 0.6 is 11.3 Å². The molecule has 39 heavy (non-hydrogen) atoms. The number of thiophene rings is 1. The summed E-state index contributed by atoms with van der Waals surface area (Å²) in [5, 5.41) is 3.13. The zero-order valence-electron chi connectivity index (χ0n) is 21.4. The summed E-state index contributed by atoms with van der Waals surface area (Å²) in [5.74, 6) is -0.820. The van der Waals surface area contributed by atoms with Crippen LogP contribution in [0.15, 0.2) is 60.5 Å². The number of aryl methyl sites for hydroxylation is 1. The number of nitrogens with zero attached hydrogens (tertiary/aromatic N) is 5. The Morgan fingerprint density at radius 1 is 1.00 bits per heavy atom. The lowest BCUT2D eigenvalue weighted by molar-refractivity contribution is -0.119. The Kier molecular flexibility index (Phi) is 7.21. The third-order valence-corrected chi connectivity index (χ3v) is 8.28. The summed E-state index contributed by atoms with van der Waals surface area (Å²) < 4.78 is 20.6. The molecule has 0 unspecified atom stereocenters. The molecule has 6 rings (SSSR count). The van der Waals surface area contributed by atoms with Gasteiger partial charge in [0.2, 0.25) is 5.91 Å². The summed E-state index contributed by atoms with van der Waals surface area (Å²) >= 11 is 1.57.